The van der Waals surface area contributed by atoms with Gasteiger partial charge in [0.2, 0.25) is 0 Å². The van der Waals surface area contributed by atoms with Crippen molar-refractivity contribution in [1.29, 1.82) is 0 Å². The molecule has 4 unspecified atom stereocenters. The van der Waals surface area contributed by atoms with Crippen molar-refractivity contribution >= 4 is 5.97 Å². The van der Waals surface area contributed by atoms with Gasteiger partial charge in [-0.05, 0) is 20.3 Å². The first-order valence-corrected chi connectivity index (χ1v) is 5.59. The number of rotatable bonds is 2. The second-order valence-corrected chi connectivity index (χ2v) is 4.93. The Balaban J connectivity index is 2.30. The average molecular weight is 213 g/mol. The Morgan fingerprint density at radius 2 is 2.07 bits per heavy atom. The standard InChI is InChI=1S/C11H19NO3/c1-4-6-8-9(7(5-12)14-6)11(2,3)15-10(8)13/h6-9H,4-5,12H2,1-3H3. The Morgan fingerprint density at radius 1 is 1.40 bits per heavy atom. The Bertz CT molecular complexity index is 277. The normalized spacial score (nSPS) is 42.8. The molecule has 0 aromatic heterocycles. The van der Waals surface area contributed by atoms with E-state index >= 15 is 0 Å². The highest BCUT2D eigenvalue weighted by Crippen LogP contribution is 2.47. The number of cyclic esters (lactones) is 1. The zero-order valence-electron chi connectivity index (χ0n) is 9.53. The van der Waals surface area contributed by atoms with E-state index in [1.54, 1.807) is 0 Å². The van der Waals surface area contributed by atoms with Gasteiger partial charge in [-0.2, -0.15) is 0 Å². The average Bonchev–Trinajstić information content (AvgIpc) is 2.64. The topological polar surface area (TPSA) is 61.5 Å². The summed E-state index contributed by atoms with van der Waals surface area (Å²) in [6.45, 7) is 6.37. The molecule has 2 rings (SSSR count). The van der Waals surface area contributed by atoms with E-state index < -0.39 is 5.60 Å². The molecule has 0 amide bonds. The lowest BCUT2D eigenvalue weighted by Gasteiger charge is -2.27. The highest BCUT2D eigenvalue weighted by molar-refractivity contribution is 5.77. The maximum Gasteiger partial charge on any atom is 0.312 e. The number of fused-ring (bicyclic) bond motifs is 1. The molecule has 2 aliphatic heterocycles. The molecular formula is C11H19NO3. The summed E-state index contributed by atoms with van der Waals surface area (Å²) in [4.78, 5) is 11.8. The summed E-state index contributed by atoms with van der Waals surface area (Å²) in [6, 6.07) is 0. The van der Waals surface area contributed by atoms with Crippen LogP contribution in [0.25, 0.3) is 0 Å². The van der Waals surface area contributed by atoms with Crippen LogP contribution in [-0.2, 0) is 14.3 Å². The fraction of sp³-hybridized carbons (Fsp3) is 0.909. The Labute approximate surface area is 90.1 Å². The molecule has 2 N–H and O–H groups in total. The summed E-state index contributed by atoms with van der Waals surface area (Å²) in [5.41, 5.74) is 5.25. The van der Waals surface area contributed by atoms with Gasteiger partial charge in [-0.1, -0.05) is 6.92 Å². The molecule has 2 aliphatic rings. The van der Waals surface area contributed by atoms with E-state index in [1.807, 2.05) is 20.8 Å². The number of hydrogen-bond acceptors (Lipinski definition) is 4. The van der Waals surface area contributed by atoms with Crippen molar-refractivity contribution < 1.29 is 14.3 Å². The van der Waals surface area contributed by atoms with Gasteiger partial charge in [0.15, 0.2) is 0 Å². The minimum atomic E-state index is -0.435. The van der Waals surface area contributed by atoms with Crippen LogP contribution in [-0.4, -0.2) is 30.3 Å². The molecule has 0 aromatic rings. The molecule has 2 heterocycles. The molecule has 2 saturated heterocycles. The Morgan fingerprint density at radius 3 is 2.60 bits per heavy atom. The number of hydrogen-bond donors (Lipinski definition) is 1. The number of nitrogens with two attached hydrogens (primary N) is 1. The predicted octanol–water partition coefficient (Wildman–Crippen LogP) is 0.690. The second-order valence-electron chi connectivity index (χ2n) is 4.93. The fourth-order valence-corrected chi connectivity index (χ4v) is 2.98. The molecule has 4 atom stereocenters. The van der Waals surface area contributed by atoms with Crippen LogP contribution < -0.4 is 5.73 Å². The van der Waals surface area contributed by atoms with Crippen molar-refractivity contribution in [2.75, 3.05) is 6.54 Å². The van der Waals surface area contributed by atoms with Crippen LogP contribution >= 0.6 is 0 Å². The summed E-state index contributed by atoms with van der Waals surface area (Å²) in [5.74, 6) is -0.119. The maximum absolute atomic E-state index is 11.8. The zero-order chi connectivity index (χ0) is 11.2. The molecule has 0 spiro atoms. The van der Waals surface area contributed by atoms with Gasteiger partial charge in [0, 0.05) is 12.5 Å². The van der Waals surface area contributed by atoms with Crippen molar-refractivity contribution in [1.82, 2.24) is 0 Å². The molecule has 0 aliphatic carbocycles. The number of carbonyl (C=O) groups excluding carboxylic acids is 1. The van der Waals surface area contributed by atoms with Gasteiger partial charge in [0.05, 0.1) is 18.1 Å². The molecule has 4 heteroatoms. The monoisotopic (exact) mass is 213 g/mol. The van der Waals surface area contributed by atoms with Crippen LogP contribution in [0.4, 0.5) is 0 Å². The SMILES string of the molecule is CCC1OC(CN)C2C1C(=O)OC2(C)C. The van der Waals surface area contributed by atoms with E-state index in [-0.39, 0.29) is 30.0 Å². The lowest BCUT2D eigenvalue weighted by atomic mass is 9.79. The molecule has 2 fully saturated rings. The van der Waals surface area contributed by atoms with Crippen LogP contribution in [0.15, 0.2) is 0 Å². The number of carbonyl (C=O) groups is 1. The van der Waals surface area contributed by atoms with E-state index in [1.165, 1.54) is 0 Å². The highest BCUT2D eigenvalue weighted by atomic mass is 16.6. The van der Waals surface area contributed by atoms with Crippen molar-refractivity contribution in [3.05, 3.63) is 0 Å². The van der Waals surface area contributed by atoms with Crippen LogP contribution in [0.1, 0.15) is 27.2 Å². The lowest BCUT2D eigenvalue weighted by Crippen LogP contribution is -2.39. The van der Waals surface area contributed by atoms with Gasteiger partial charge < -0.3 is 15.2 Å². The first kappa shape index (κ1) is 10.9. The summed E-state index contributed by atoms with van der Waals surface area (Å²) in [7, 11) is 0. The van der Waals surface area contributed by atoms with Crippen molar-refractivity contribution in [2.24, 2.45) is 17.6 Å². The van der Waals surface area contributed by atoms with Gasteiger partial charge >= 0.3 is 5.97 Å². The van der Waals surface area contributed by atoms with Crippen molar-refractivity contribution in [3.63, 3.8) is 0 Å². The smallest absolute Gasteiger partial charge is 0.312 e. The molecule has 0 saturated carbocycles. The van der Waals surface area contributed by atoms with E-state index in [0.29, 0.717) is 6.54 Å². The first-order valence-electron chi connectivity index (χ1n) is 5.59. The maximum atomic E-state index is 11.8. The molecule has 86 valence electrons. The van der Waals surface area contributed by atoms with Gasteiger partial charge in [-0.3, -0.25) is 4.79 Å². The van der Waals surface area contributed by atoms with Crippen molar-refractivity contribution in [2.45, 2.75) is 45.0 Å². The molecule has 0 radical (unpaired) electrons. The number of ether oxygens (including phenoxy) is 2. The van der Waals surface area contributed by atoms with E-state index in [9.17, 15) is 4.79 Å². The minimum absolute atomic E-state index is 0.0159. The number of esters is 1. The quantitative estimate of drug-likeness (QED) is 0.686. The largest absolute Gasteiger partial charge is 0.459 e. The van der Waals surface area contributed by atoms with Crippen LogP contribution in [0.2, 0.25) is 0 Å². The van der Waals surface area contributed by atoms with E-state index in [0.717, 1.165) is 6.42 Å². The Kier molecular flexibility index (Phi) is 2.51. The van der Waals surface area contributed by atoms with Crippen LogP contribution in [0.3, 0.4) is 0 Å². The highest BCUT2D eigenvalue weighted by Gasteiger charge is 2.60. The van der Waals surface area contributed by atoms with Gasteiger partial charge in [0.25, 0.3) is 0 Å². The molecule has 15 heavy (non-hydrogen) atoms. The zero-order valence-corrected chi connectivity index (χ0v) is 9.53. The lowest BCUT2D eigenvalue weighted by molar-refractivity contribution is -0.154. The van der Waals surface area contributed by atoms with Gasteiger partial charge in [-0.15, -0.1) is 0 Å². The van der Waals surface area contributed by atoms with E-state index in [4.69, 9.17) is 15.2 Å². The first-order chi connectivity index (χ1) is 7.01. The van der Waals surface area contributed by atoms with Crippen LogP contribution in [0, 0.1) is 11.8 Å². The molecule has 0 aromatic carbocycles. The summed E-state index contributed by atoms with van der Waals surface area (Å²) >= 11 is 0. The van der Waals surface area contributed by atoms with Crippen LogP contribution in [0.5, 0.6) is 0 Å². The van der Waals surface area contributed by atoms with Crippen molar-refractivity contribution in [3.8, 4) is 0 Å². The van der Waals surface area contributed by atoms with Gasteiger partial charge in [0.1, 0.15) is 5.60 Å². The van der Waals surface area contributed by atoms with E-state index in [2.05, 4.69) is 0 Å². The minimum Gasteiger partial charge on any atom is -0.459 e. The molecular weight excluding hydrogens is 194 g/mol. The third-order valence-electron chi connectivity index (χ3n) is 3.61. The third kappa shape index (κ3) is 1.47. The molecule has 0 bridgehead atoms. The fourth-order valence-electron chi connectivity index (χ4n) is 2.98. The second kappa shape index (κ2) is 3.46. The third-order valence-corrected chi connectivity index (χ3v) is 3.61. The van der Waals surface area contributed by atoms with Gasteiger partial charge in [-0.25, -0.2) is 0 Å². The summed E-state index contributed by atoms with van der Waals surface area (Å²) in [5, 5.41) is 0. The summed E-state index contributed by atoms with van der Waals surface area (Å²) < 4.78 is 11.2. The Hall–Kier alpha value is -0.610. The molecule has 4 nitrogen and oxygen atoms in total. The predicted molar refractivity (Wildman–Crippen MR) is 55.2 cm³/mol. The summed E-state index contributed by atoms with van der Waals surface area (Å²) in [6.07, 6.45) is 0.780.